The molecular formula is C16H16ClNO2. The van der Waals surface area contributed by atoms with E-state index in [1.54, 1.807) is 18.2 Å². The first-order chi connectivity index (χ1) is 9.52. The maximum absolute atomic E-state index is 12.4. The van der Waals surface area contributed by atoms with E-state index >= 15 is 0 Å². The Bertz CT molecular complexity index is 633. The fraction of sp³-hybridized carbons (Fsp3) is 0.188. The van der Waals surface area contributed by atoms with Gasteiger partial charge in [0.15, 0.2) is 0 Å². The van der Waals surface area contributed by atoms with Crippen LogP contribution in [0.25, 0.3) is 0 Å². The minimum absolute atomic E-state index is 0.234. The lowest BCUT2D eigenvalue weighted by Crippen LogP contribution is -2.14. The number of methoxy groups -OCH3 is 1. The molecule has 20 heavy (non-hydrogen) atoms. The van der Waals surface area contributed by atoms with Gasteiger partial charge >= 0.3 is 0 Å². The normalized spacial score (nSPS) is 10.2. The zero-order valence-corrected chi connectivity index (χ0v) is 12.4. The Balaban J connectivity index is 2.35. The van der Waals surface area contributed by atoms with Gasteiger partial charge in [0.25, 0.3) is 5.91 Å². The molecule has 0 fully saturated rings. The Hall–Kier alpha value is -2.00. The van der Waals surface area contributed by atoms with Crippen molar-refractivity contribution in [3.63, 3.8) is 0 Å². The molecule has 0 aliphatic heterocycles. The van der Waals surface area contributed by atoms with Crippen LogP contribution in [-0.4, -0.2) is 13.0 Å². The van der Waals surface area contributed by atoms with Crippen molar-refractivity contribution in [3.8, 4) is 5.75 Å². The third-order valence-electron chi connectivity index (χ3n) is 3.13. The maximum Gasteiger partial charge on any atom is 0.259 e. The number of halogens is 1. The van der Waals surface area contributed by atoms with Crippen LogP contribution in [0.1, 0.15) is 21.5 Å². The minimum atomic E-state index is -0.234. The number of carbonyl (C=O) groups excluding carboxylic acids is 1. The Morgan fingerprint density at radius 2 is 1.80 bits per heavy atom. The lowest BCUT2D eigenvalue weighted by Gasteiger charge is -2.13. The van der Waals surface area contributed by atoms with Crippen molar-refractivity contribution in [2.24, 2.45) is 0 Å². The summed E-state index contributed by atoms with van der Waals surface area (Å²) in [4.78, 5) is 12.4. The third-order valence-corrected chi connectivity index (χ3v) is 3.36. The largest absolute Gasteiger partial charge is 0.496 e. The summed E-state index contributed by atoms with van der Waals surface area (Å²) >= 11 is 5.95. The molecule has 0 spiro atoms. The number of nitrogens with one attached hydrogen (secondary N) is 1. The SMILES string of the molecule is COc1ccc(Cl)cc1C(=O)Nc1c(C)cccc1C. The van der Waals surface area contributed by atoms with Crippen molar-refractivity contribution < 1.29 is 9.53 Å². The van der Waals surface area contributed by atoms with Crippen molar-refractivity contribution in [3.05, 3.63) is 58.1 Å². The van der Waals surface area contributed by atoms with Crippen LogP contribution in [0.3, 0.4) is 0 Å². The Labute approximate surface area is 123 Å². The molecule has 0 saturated carbocycles. The van der Waals surface area contributed by atoms with E-state index in [-0.39, 0.29) is 5.91 Å². The predicted molar refractivity (Wildman–Crippen MR) is 81.9 cm³/mol. The quantitative estimate of drug-likeness (QED) is 0.919. The summed E-state index contributed by atoms with van der Waals surface area (Å²) in [5, 5.41) is 3.42. The molecular weight excluding hydrogens is 274 g/mol. The van der Waals surface area contributed by atoms with Gasteiger partial charge in [-0.2, -0.15) is 0 Å². The van der Waals surface area contributed by atoms with Gasteiger partial charge in [-0.1, -0.05) is 29.8 Å². The zero-order valence-electron chi connectivity index (χ0n) is 11.7. The van der Waals surface area contributed by atoms with Gasteiger partial charge in [-0.3, -0.25) is 4.79 Å². The first-order valence-corrected chi connectivity index (χ1v) is 6.62. The number of aryl methyl sites for hydroxylation is 2. The summed E-state index contributed by atoms with van der Waals surface area (Å²) < 4.78 is 5.20. The molecule has 3 nitrogen and oxygen atoms in total. The van der Waals surface area contributed by atoms with E-state index in [0.717, 1.165) is 16.8 Å². The first-order valence-electron chi connectivity index (χ1n) is 6.24. The van der Waals surface area contributed by atoms with Gasteiger partial charge in [-0.15, -0.1) is 0 Å². The van der Waals surface area contributed by atoms with E-state index < -0.39 is 0 Å². The van der Waals surface area contributed by atoms with E-state index in [0.29, 0.717) is 16.3 Å². The minimum Gasteiger partial charge on any atom is -0.496 e. The van der Waals surface area contributed by atoms with Gasteiger partial charge in [0.1, 0.15) is 5.75 Å². The Kier molecular flexibility index (Phi) is 4.30. The van der Waals surface area contributed by atoms with E-state index in [1.807, 2.05) is 32.0 Å². The summed E-state index contributed by atoms with van der Waals surface area (Å²) in [5.74, 6) is 0.264. The number of anilines is 1. The van der Waals surface area contributed by atoms with Gasteiger partial charge in [0.2, 0.25) is 0 Å². The highest BCUT2D eigenvalue weighted by Crippen LogP contribution is 2.25. The fourth-order valence-electron chi connectivity index (χ4n) is 2.05. The molecule has 0 unspecified atom stereocenters. The third kappa shape index (κ3) is 2.94. The summed E-state index contributed by atoms with van der Waals surface area (Å²) in [6.07, 6.45) is 0. The molecule has 4 heteroatoms. The van der Waals surface area contributed by atoms with E-state index in [2.05, 4.69) is 5.32 Å². The van der Waals surface area contributed by atoms with E-state index in [4.69, 9.17) is 16.3 Å². The van der Waals surface area contributed by atoms with Gasteiger partial charge in [0.05, 0.1) is 12.7 Å². The molecule has 104 valence electrons. The Morgan fingerprint density at radius 3 is 2.40 bits per heavy atom. The van der Waals surface area contributed by atoms with Crippen LogP contribution in [-0.2, 0) is 0 Å². The molecule has 0 aliphatic carbocycles. The molecule has 0 atom stereocenters. The number of amides is 1. The predicted octanol–water partition coefficient (Wildman–Crippen LogP) is 4.22. The highest BCUT2D eigenvalue weighted by molar-refractivity contribution is 6.31. The second-order valence-electron chi connectivity index (χ2n) is 4.57. The monoisotopic (exact) mass is 289 g/mol. The highest BCUT2D eigenvalue weighted by Gasteiger charge is 2.14. The average molecular weight is 290 g/mol. The van der Waals surface area contributed by atoms with Crippen molar-refractivity contribution in [1.82, 2.24) is 0 Å². The topological polar surface area (TPSA) is 38.3 Å². The molecule has 0 aliphatic rings. The summed E-state index contributed by atoms with van der Waals surface area (Å²) in [5.41, 5.74) is 3.26. The molecule has 0 radical (unpaired) electrons. The van der Waals surface area contributed by atoms with Crippen molar-refractivity contribution in [2.75, 3.05) is 12.4 Å². The lowest BCUT2D eigenvalue weighted by atomic mass is 10.1. The molecule has 0 heterocycles. The van der Waals surface area contributed by atoms with Gasteiger partial charge < -0.3 is 10.1 Å². The lowest BCUT2D eigenvalue weighted by molar-refractivity contribution is 0.102. The maximum atomic E-state index is 12.4. The fourth-order valence-corrected chi connectivity index (χ4v) is 2.22. The van der Waals surface area contributed by atoms with Crippen molar-refractivity contribution >= 4 is 23.2 Å². The van der Waals surface area contributed by atoms with Crippen LogP contribution >= 0.6 is 11.6 Å². The standard InChI is InChI=1S/C16H16ClNO2/c1-10-5-4-6-11(2)15(10)18-16(19)13-9-12(17)7-8-14(13)20-3/h4-9H,1-3H3,(H,18,19). The molecule has 0 bridgehead atoms. The molecule has 2 rings (SSSR count). The summed E-state index contributed by atoms with van der Waals surface area (Å²) in [7, 11) is 1.53. The number of carbonyl (C=O) groups is 1. The second-order valence-corrected chi connectivity index (χ2v) is 5.00. The van der Waals surface area contributed by atoms with Crippen LogP contribution in [0.15, 0.2) is 36.4 Å². The first kappa shape index (κ1) is 14.4. The van der Waals surface area contributed by atoms with Crippen LogP contribution < -0.4 is 10.1 Å². The van der Waals surface area contributed by atoms with Gasteiger partial charge in [-0.05, 0) is 43.2 Å². The van der Waals surface area contributed by atoms with Gasteiger partial charge in [0, 0.05) is 10.7 Å². The number of benzene rings is 2. The molecule has 0 saturated heterocycles. The highest BCUT2D eigenvalue weighted by atomic mass is 35.5. The van der Waals surface area contributed by atoms with Crippen molar-refractivity contribution in [2.45, 2.75) is 13.8 Å². The number of para-hydroxylation sites is 1. The molecule has 2 aromatic rings. The molecule has 1 amide bonds. The number of ether oxygens (including phenoxy) is 1. The second kappa shape index (κ2) is 5.97. The van der Waals surface area contributed by atoms with Crippen LogP contribution in [0.2, 0.25) is 5.02 Å². The Morgan fingerprint density at radius 1 is 1.15 bits per heavy atom. The molecule has 1 N–H and O–H groups in total. The van der Waals surface area contributed by atoms with Crippen LogP contribution in [0, 0.1) is 13.8 Å². The van der Waals surface area contributed by atoms with Crippen molar-refractivity contribution in [1.29, 1.82) is 0 Å². The summed E-state index contributed by atoms with van der Waals surface area (Å²) in [6, 6.07) is 10.8. The molecule has 2 aromatic carbocycles. The van der Waals surface area contributed by atoms with E-state index in [1.165, 1.54) is 7.11 Å². The number of rotatable bonds is 3. The van der Waals surface area contributed by atoms with Gasteiger partial charge in [-0.25, -0.2) is 0 Å². The van der Waals surface area contributed by atoms with E-state index in [9.17, 15) is 4.79 Å². The molecule has 0 aromatic heterocycles. The van der Waals surface area contributed by atoms with Crippen LogP contribution in [0.5, 0.6) is 5.75 Å². The number of hydrogen-bond donors (Lipinski definition) is 1. The smallest absolute Gasteiger partial charge is 0.259 e. The zero-order chi connectivity index (χ0) is 14.7. The number of hydrogen-bond acceptors (Lipinski definition) is 2. The average Bonchev–Trinajstić information content (AvgIpc) is 2.43. The summed E-state index contributed by atoms with van der Waals surface area (Å²) in [6.45, 7) is 3.91. The van der Waals surface area contributed by atoms with Crippen LogP contribution in [0.4, 0.5) is 5.69 Å².